The van der Waals surface area contributed by atoms with E-state index in [-0.39, 0.29) is 12.6 Å². The summed E-state index contributed by atoms with van der Waals surface area (Å²) in [4.78, 5) is 0. The Morgan fingerprint density at radius 3 is 2.78 bits per heavy atom. The smallest absolute Gasteiger partial charge is 0.0464 e. The van der Waals surface area contributed by atoms with Gasteiger partial charge in [0, 0.05) is 28.7 Å². The molecule has 1 saturated carbocycles. The Kier molecular flexibility index (Phi) is 4.70. The Morgan fingerprint density at radius 1 is 1.50 bits per heavy atom. The van der Waals surface area contributed by atoms with E-state index in [0.29, 0.717) is 5.41 Å². The van der Waals surface area contributed by atoms with Crippen molar-refractivity contribution in [1.82, 2.24) is 5.32 Å². The van der Waals surface area contributed by atoms with Gasteiger partial charge in [-0.15, -0.1) is 0 Å². The number of rotatable bonds is 6. The van der Waals surface area contributed by atoms with Crippen molar-refractivity contribution in [3.8, 4) is 0 Å². The number of aliphatic hydroxyl groups is 1. The largest absolute Gasteiger partial charge is 0.396 e. The van der Waals surface area contributed by atoms with Crippen LogP contribution in [0.3, 0.4) is 0 Å². The molecular weight excluding hydrogens is 314 g/mol. The highest BCUT2D eigenvalue weighted by molar-refractivity contribution is 9.10. The van der Waals surface area contributed by atoms with Crippen molar-refractivity contribution in [3.05, 3.63) is 33.3 Å². The molecule has 1 aromatic rings. The van der Waals surface area contributed by atoms with E-state index in [0.717, 1.165) is 28.0 Å². The van der Waals surface area contributed by atoms with Gasteiger partial charge in [-0.1, -0.05) is 33.6 Å². The molecular formula is C14H19BrClNO. The van der Waals surface area contributed by atoms with Gasteiger partial charge >= 0.3 is 0 Å². The highest BCUT2D eigenvalue weighted by Gasteiger charge is 2.41. The second kappa shape index (κ2) is 5.91. The Morgan fingerprint density at radius 2 is 2.22 bits per heavy atom. The molecule has 4 heteroatoms. The van der Waals surface area contributed by atoms with Crippen molar-refractivity contribution in [2.45, 2.75) is 32.2 Å². The molecule has 0 amide bonds. The molecule has 100 valence electrons. The van der Waals surface area contributed by atoms with Gasteiger partial charge in [-0.2, -0.15) is 0 Å². The lowest BCUT2D eigenvalue weighted by Gasteiger charge is -2.20. The lowest BCUT2D eigenvalue weighted by molar-refractivity contribution is 0.243. The summed E-state index contributed by atoms with van der Waals surface area (Å²) in [6, 6.07) is 6.23. The molecule has 0 spiro atoms. The molecule has 0 radical (unpaired) electrons. The maximum absolute atomic E-state index is 9.04. The SMILES string of the molecule is CC(NCC1(CCO)CC1)c1ccc(Br)cc1Cl. The van der Waals surface area contributed by atoms with Crippen molar-refractivity contribution in [1.29, 1.82) is 0 Å². The van der Waals surface area contributed by atoms with Gasteiger partial charge < -0.3 is 10.4 Å². The van der Waals surface area contributed by atoms with Crippen molar-refractivity contribution in [3.63, 3.8) is 0 Å². The van der Waals surface area contributed by atoms with Crippen molar-refractivity contribution in [2.75, 3.05) is 13.2 Å². The Balaban J connectivity index is 1.93. The molecule has 1 atom stereocenters. The van der Waals surface area contributed by atoms with Crippen molar-refractivity contribution in [2.24, 2.45) is 5.41 Å². The van der Waals surface area contributed by atoms with Crippen molar-refractivity contribution >= 4 is 27.5 Å². The topological polar surface area (TPSA) is 32.3 Å². The molecule has 2 rings (SSSR count). The zero-order valence-corrected chi connectivity index (χ0v) is 12.9. The minimum atomic E-state index is 0.238. The number of benzene rings is 1. The third kappa shape index (κ3) is 3.47. The van der Waals surface area contributed by atoms with Crippen LogP contribution < -0.4 is 5.32 Å². The number of nitrogens with one attached hydrogen (secondary N) is 1. The van der Waals surface area contributed by atoms with Crippen LogP contribution in [0.1, 0.15) is 37.8 Å². The van der Waals surface area contributed by atoms with E-state index in [9.17, 15) is 0 Å². The summed E-state index contributed by atoms with van der Waals surface area (Å²) in [5.41, 5.74) is 1.46. The van der Waals surface area contributed by atoms with E-state index in [1.807, 2.05) is 12.1 Å². The molecule has 0 aromatic heterocycles. The molecule has 0 heterocycles. The Hall–Kier alpha value is -0.0900. The van der Waals surface area contributed by atoms with Gasteiger partial charge in [-0.3, -0.25) is 0 Å². The average Bonchev–Trinajstić information content (AvgIpc) is 3.07. The van der Waals surface area contributed by atoms with Crippen LogP contribution >= 0.6 is 27.5 Å². The van der Waals surface area contributed by atoms with Crippen LogP contribution in [-0.2, 0) is 0 Å². The standard InChI is InChI=1S/C14H19BrClNO/c1-10(12-3-2-11(15)8-13(12)16)17-9-14(4-5-14)6-7-18/h2-3,8,10,17-18H,4-7,9H2,1H3. The predicted octanol–water partition coefficient (Wildman–Crippen LogP) is 3.92. The Labute approximate surface area is 122 Å². The summed E-state index contributed by atoms with van der Waals surface area (Å²) in [6.45, 7) is 3.38. The monoisotopic (exact) mass is 331 g/mol. The highest BCUT2D eigenvalue weighted by atomic mass is 79.9. The lowest BCUT2D eigenvalue weighted by atomic mass is 10.0. The number of halogens is 2. The predicted molar refractivity (Wildman–Crippen MR) is 78.9 cm³/mol. The van der Waals surface area contributed by atoms with Crippen LogP contribution in [0.15, 0.2) is 22.7 Å². The summed E-state index contributed by atoms with van der Waals surface area (Å²) in [7, 11) is 0. The van der Waals surface area contributed by atoms with Gasteiger partial charge in [0.2, 0.25) is 0 Å². The molecule has 1 aliphatic carbocycles. The van der Waals surface area contributed by atoms with Gasteiger partial charge in [-0.05, 0) is 49.3 Å². The second-order valence-corrected chi connectivity index (χ2v) is 6.56. The third-order valence-corrected chi connectivity index (χ3v) is 4.63. The Bertz CT molecular complexity index is 420. The van der Waals surface area contributed by atoms with Crippen LogP contribution in [0.5, 0.6) is 0 Å². The molecule has 18 heavy (non-hydrogen) atoms. The van der Waals surface area contributed by atoms with E-state index in [4.69, 9.17) is 16.7 Å². The molecule has 1 aromatic carbocycles. The molecule has 2 nitrogen and oxygen atoms in total. The zero-order valence-electron chi connectivity index (χ0n) is 10.5. The van der Waals surface area contributed by atoms with Crippen LogP contribution in [0.2, 0.25) is 5.02 Å². The first-order valence-electron chi connectivity index (χ1n) is 6.35. The van der Waals surface area contributed by atoms with E-state index in [1.54, 1.807) is 0 Å². The molecule has 1 unspecified atom stereocenters. The molecule has 1 fully saturated rings. The summed E-state index contributed by atoms with van der Waals surface area (Å²) in [5.74, 6) is 0. The number of hydrogen-bond acceptors (Lipinski definition) is 2. The second-order valence-electron chi connectivity index (χ2n) is 5.24. The van der Waals surface area contributed by atoms with Gasteiger partial charge in [0.05, 0.1) is 0 Å². The van der Waals surface area contributed by atoms with Crippen LogP contribution in [0.25, 0.3) is 0 Å². The van der Waals surface area contributed by atoms with E-state index >= 15 is 0 Å². The first-order chi connectivity index (χ1) is 8.56. The highest BCUT2D eigenvalue weighted by Crippen LogP contribution is 2.48. The van der Waals surface area contributed by atoms with Gasteiger partial charge in [0.1, 0.15) is 0 Å². The summed E-state index contributed by atoms with van der Waals surface area (Å²) < 4.78 is 1.00. The summed E-state index contributed by atoms with van der Waals surface area (Å²) in [5, 5.41) is 13.4. The van der Waals surface area contributed by atoms with E-state index in [2.05, 4.69) is 34.2 Å². The van der Waals surface area contributed by atoms with Gasteiger partial charge in [0.25, 0.3) is 0 Å². The zero-order chi connectivity index (χ0) is 13.2. The van der Waals surface area contributed by atoms with Crippen molar-refractivity contribution < 1.29 is 5.11 Å². The number of hydrogen-bond donors (Lipinski definition) is 2. The minimum Gasteiger partial charge on any atom is -0.396 e. The van der Waals surface area contributed by atoms with Crippen LogP contribution in [-0.4, -0.2) is 18.3 Å². The minimum absolute atomic E-state index is 0.238. The lowest BCUT2D eigenvalue weighted by Crippen LogP contribution is -2.27. The average molecular weight is 333 g/mol. The fourth-order valence-electron chi connectivity index (χ4n) is 2.26. The van der Waals surface area contributed by atoms with E-state index < -0.39 is 0 Å². The molecule has 1 aliphatic rings. The molecule has 0 saturated heterocycles. The maximum Gasteiger partial charge on any atom is 0.0464 e. The first kappa shape index (κ1) is 14.3. The fourth-order valence-corrected chi connectivity index (χ4v) is 3.10. The quantitative estimate of drug-likeness (QED) is 0.827. The number of aliphatic hydroxyl groups excluding tert-OH is 1. The van der Waals surface area contributed by atoms with Gasteiger partial charge in [-0.25, -0.2) is 0 Å². The van der Waals surface area contributed by atoms with Gasteiger partial charge in [0.15, 0.2) is 0 Å². The molecule has 0 bridgehead atoms. The van der Waals surface area contributed by atoms with Crippen LogP contribution in [0.4, 0.5) is 0 Å². The normalized spacial score (nSPS) is 18.7. The summed E-state index contributed by atoms with van der Waals surface area (Å²) in [6.07, 6.45) is 3.35. The maximum atomic E-state index is 9.04. The third-order valence-electron chi connectivity index (χ3n) is 3.81. The summed E-state index contributed by atoms with van der Waals surface area (Å²) >= 11 is 9.66. The fraction of sp³-hybridized carbons (Fsp3) is 0.571. The van der Waals surface area contributed by atoms with E-state index in [1.165, 1.54) is 12.8 Å². The molecule has 2 N–H and O–H groups in total. The van der Waals surface area contributed by atoms with Crippen LogP contribution in [0, 0.1) is 5.41 Å². The molecule has 0 aliphatic heterocycles. The first-order valence-corrected chi connectivity index (χ1v) is 7.53.